The minimum atomic E-state index is -0.197. The third-order valence-corrected chi connectivity index (χ3v) is 5.54. The minimum Gasteiger partial charge on any atom is -0.496 e. The lowest BCUT2D eigenvalue weighted by Crippen LogP contribution is -2.29. The highest BCUT2D eigenvalue weighted by atomic mass is 79.9. The molecule has 0 aliphatic rings. The molecule has 158 valence electrons. The number of anilines is 1. The Morgan fingerprint density at radius 3 is 2.74 bits per heavy atom. The number of ether oxygens (including phenoxy) is 1. The van der Waals surface area contributed by atoms with E-state index in [4.69, 9.17) is 16.3 Å². The van der Waals surface area contributed by atoms with Crippen LogP contribution >= 0.6 is 27.5 Å². The summed E-state index contributed by atoms with van der Waals surface area (Å²) in [5, 5.41) is 11.2. The Bertz CT molecular complexity index is 1240. The maximum atomic E-state index is 12.5. The van der Waals surface area contributed by atoms with Crippen LogP contribution in [-0.2, 0) is 0 Å². The maximum Gasteiger partial charge on any atom is 0.255 e. The van der Waals surface area contributed by atoms with E-state index in [1.807, 2.05) is 36.4 Å². The molecule has 0 unspecified atom stereocenters. The molecule has 0 saturated carbocycles. The van der Waals surface area contributed by atoms with Crippen LogP contribution in [0.1, 0.15) is 10.4 Å². The van der Waals surface area contributed by atoms with Crippen molar-refractivity contribution in [1.29, 1.82) is 0 Å². The van der Waals surface area contributed by atoms with Gasteiger partial charge in [-0.3, -0.25) is 4.79 Å². The first kappa shape index (κ1) is 21.1. The summed E-state index contributed by atoms with van der Waals surface area (Å²) < 4.78 is 7.72. The quantitative estimate of drug-likeness (QED) is 0.361. The molecular formula is C22H19BrClN5O2. The first-order valence-corrected chi connectivity index (χ1v) is 10.7. The fourth-order valence-corrected chi connectivity index (χ4v) is 3.74. The van der Waals surface area contributed by atoms with Gasteiger partial charge in [0.05, 0.1) is 29.0 Å². The monoisotopic (exact) mass is 499 g/mol. The molecular weight excluding hydrogens is 482 g/mol. The third kappa shape index (κ3) is 4.50. The summed E-state index contributed by atoms with van der Waals surface area (Å²) in [4.78, 5) is 17.1. The predicted octanol–water partition coefficient (Wildman–Crippen LogP) is 4.66. The highest BCUT2D eigenvalue weighted by Gasteiger charge is 2.14. The molecule has 9 heteroatoms. The summed E-state index contributed by atoms with van der Waals surface area (Å²) in [5.74, 6) is 1.07. The van der Waals surface area contributed by atoms with Crippen molar-refractivity contribution in [2.75, 3.05) is 25.5 Å². The number of nitrogens with zero attached hydrogens (tertiary/aromatic N) is 3. The predicted molar refractivity (Wildman–Crippen MR) is 125 cm³/mol. The number of halogens is 2. The Morgan fingerprint density at radius 1 is 1.16 bits per heavy atom. The van der Waals surface area contributed by atoms with Crippen molar-refractivity contribution in [1.82, 2.24) is 19.9 Å². The number of para-hydroxylation sites is 1. The van der Waals surface area contributed by atoms with Gasteiger partial charge in [-0.1, -0.05) is 41.9 Å². The van der Waals surface area contributed by atoms with Gasteiger partial charge in [0.1, 0.15) is 11.6 Å². The summed E-state index contributed by atoms with van der Waals surface area (Å²) >= 11 is 9.86. The lowest BCUT2D eigenvalue weighted by molar-refractivity contribution is 0.0952. The minimum absolute atomic E-state index is 0.197. The van der Waals surface area contributed by atoms with E-state index in [0.29, 0.717) is 35.1 Å². The van der Waals surface area contributed by atoms with Gasteiger partial charge in [-0.05, 0) is 34.1 Å². The van der Waals surface area contributed by atoms with E-state index in [1.165, 1.54) is 0 Å². The third-order valence-electron chi connectivity index (χ3n) is 4.65. The molecule has 2 N–H and O–H groups in total. The van der Waals surface area contributed by atoms with Gasteiger partial charge in [-0.2, -0.15) is 9.61 Å². The van der Waals surface area contributed by atoms with E-state index < -0.39 is 0 Å². The Morgan fingerprint density at radius 2 is 1.94 bits per heavy atom. The number of fused-ring (bicyclic) bond motifs is 1. The number of carbonyl (C=O) groups excluding carboxylic acids is 1. The molecule has 0 atom stereocenters. The van der Waals surface area contributed by atoms with Gasteiger partial charge in [0.25, 0.3) is 5.91 Å². The van der Waals surface area contributed by atoms with Crippen molar-refractivity contribution in [3.63, 3.8) is 0 Å². The Hall–Kier alpha value is -3.10. The number of hydrogen-bond acceptors (Lipinski definition) is 5. The highest BCUT2D eigenvalue weighted by molar-refractivity contribution is 9.10. The fourth-order valence-electron chi connectivity index (χ4n) is 3.16. The van der Waals surface area contributed by atoms with Crippen molar-refractivity contribution < 1.29 is 9.53 Å². The van der Waals surface area contributed by atoms with Gasteiger partial charge in [0.15, 0.2) is 5.65 Å². The van der Waals surface area contributed by atoms with Crippen LogP contribution in [0.5, 0.6) is 5.75 Å². The topological polar surface area (TPSA) is 80.5 Å². The molecule has 31 heavy (non-hydrogen) atoms. The lowest BCUT2D eigenvalue weighted by Gasteiger charge is -2.13. The van der Waals surface area contributed by atoms with Crippen LogP contribution in [0.2, 0.25) is 5.02 Å². The van der Waals surface area contributed by atoms with Gasteiger partial charge >= 0.3 is 0 Å². The summed E-state index contributed by atoms with van der Waals surface area (Å²) in [6.45, 7) is 0.893. The number of amides is 1. The van der Waals surface area contributed by atoms with E-state index in [2.05, 4.69) is 36.6 Å². The Labute approximate surface area is 192 Å². The molecule has 1 amide bonds. The number of benzene rings is 2. The van der Waals surface area contributed by atoms with Crippen LogP contribution in [0.15, 0.2) is 65.3 Å². The van der Waals surface area contributed by atoms with Crippen molar-refractivity contribution >= 4 is 44.9 Å². The lowest BCUT2D eigenvalue weighted by atomic mass is 10.1. The molecule has 0 saturated heterocycles. The van der Waals surface area contributed by atoms with Gasteiger partial charge in [0, 0.05) is 29.7 Å². The summed E-state index contributed by atoms with van der Waals surface area (Å²) in [7, 11) is 1.54. The number of methoxy groups -OCH3 is 1. The van der Waals surface area contributed by atoms with E-state index in [1.54, 1.807) is 36.0 Å². The Balaban J connectivity index is 1.51. The zero-order valence-electron chi connectivity index (χ0n) is 16.6. The smallest absolute Gasteiger partial charge is 0.255 e. The molecule has 2 aromatic heterocycles. The zero-order chi connectivity index (χ0) is 21.8. The summed E-state index contributed by atoms with van der Waals surface area (Å²) in [6.07, 6.45) is 1.69. The van der Waals surface area contributed by atoms with E-state index >= 15 is 0 Å². The van der Waals surface area contributed by atoms with Crippen LogP contribution in [-0.4, -0.2) is 40.7 Å². The van der Waals surface area contributed by atoms with Crippen LogP contribution in [0.4, 0.5) is 5.82 Å². The largest absolute Gasteiger partial charge is 0.496 e. The second kappa shape index (κ2) is 9.36. The maximum absolute atomic E-state index is 12.5. The van der Waals surface area contributed by atoms with Crippen LogP contribution in [0.25, 0.3) is 16.9 Å². The standard InChI is InChI=1S/C22H19BrClN5O2/c1-31-19-9-5-3-7-15(19)22(30)26-11-10-25-20-12-18(14-6-2-4-8-17(14)24)28-21-16(23)13-27-29(20)21/h2-9,12-13,25H,10-11H2,1H3,(H,26,30). The Kier molecular flexibility index (Phi) is 6.39. The molecule has 0 bridgehead atoms. The van der Waals surface area contributed by atoms with Gasteiger partial charge < -0.3 is 15.4 Å². The zero-order valence-corrected chi connectivity index (χ0v) is 18.9. The van der Waals surface area contributed by atoms with Crippen LogP contribution < -0.4 is 15.4 Å². The van der Waals surface area contributed by atoms with E-state index in [-0.39, 0.29) is 5.91 Å². The van der Waals surface area contributed by atoms with Crippen LogP contribution in [0, 0.1) is 0 Å². The molecule has 0 aliphatic carbocycles. The van der Waals surface area contributed by atoms with Crippen molar-refractivity contribution in [3.05, 3.63) is 75.9 Å². The molecule has 4 aromatic rings. The van der Waals surface area contributed by atoms with E-state index in [0.717, 1.165) is 21.5 Å². The second-order valence-corrected chi connectivity index (χ2v) is 7.88. The average Bonchev–Trinajstić information content (AvgIpc) is 3.17. The first-order chi connectivity index (χ1) is 15.1. The molecule has 0 fully saturated rings. The number of hydrogen-bond donors (Lipinski definition) is 2. The van der Waals surface area contributed by atoms with Gasteiger partial charge in [-0.25, -0.2) is 4.98 Å². The molecule has 0 radical (unpaired) electrons. The number of rotatable bonds is 7. The summed E-state index contributed by atoms with van der Waals surface area (Å²) in [6, 6.07) is 16.5. The molecule has 2 aromatic carbocycles. The molecule has 0 spiro atoms. The normalized spacial score (nSPS) is 10.8. The van der Waals surface area contributed by atoms with Gasteiger partial charge in [0.2, 0.25) is 0 Å². The molecule has 7 nitrogen and oxygen atoms in total. The molecule has 2 heterocycles. The van der Waals surface area contributed by atoms with Crippen LogP contribution in [0.3, 0.4) is 0 Å². The summed E-state index contributed by atoms with van der Waals surface area (Å²) in [5.41, 5.74) is 2.71. The molecule has 0 aliphatic heterocycles. The SMILES string of the molecule is COc1ccccc1C(=O)NCCNc1cc(-c2ccccc2Cl)nc2c(Br)cnn12. The average molecular weight is 501 g/mol. The number of carbonyl (C=O) groups is 1. The number of aromatic nitrogens is 3. The second-order valence-electron chi connectivity index (χ2n) is 6.62. The highest BCUT2D eigenvalue weighted by Crippen LogP contribution is 2.30. The first-order valence-electron chi connectivity index (χ1n) is 9.52. The van der Waals surface area contributed by atoms with E-state index in [9.17, 15) is 4.79 Å². The van der Waals surface area contributed by atoms with Crippen molar-refractivity contribution in [2.24, 2.45) is 0 Å². The fraction of sp³-hybridized carbons (Fsp3) is 0.136. The van der Waals surface area contributed by atoms with Crippen molar-refractivity contribution in [2.45, 2.75) is 0 Å². The van der Waals surface area contributed by atoms with Gasteiger partial charge in [-0.15, -0.1) is 0 Å². The van der Waals surface area contributed by atoms with Crippen molar-refractivity contribution in [3.8, 4) is 17.0 Å². The number of nitrogens with one attached hydrogen (secondary N) is 2. The molecule has 4 rings (SSSR count).